The smallest absolute Gasteiger partial charge is 0.407 e. The van der Waals surface area contributed by atoms with Gasteiger partial charge >= 0.3 is 6.09 Å². The number of hydrogen-bond acceptors (Lipinski definition) is 5. The molecule has 0 atom stereocenters. The average Bonchev–Trinajstić information content (AvgIpc) is 2.49. The maximum Gasteiger partial charge on any atom is 0.407 e. The number of sulfone groups is 1. The van der Waals surface area contributed by atoms with Crippen LogP contribution in [0.1, 0.15) is 39.2 Å². The van der Waals surface area contributed by atoms with E-state index in [-0.39, 0.29) is 17.5 Å². The van der Waals surface area contributed by atoms with Gasteiger partial charge < -0.3 is 15.4 Å². The van der Waals surface area contributed by atoms with E-state index in [4.69, 9.17) is 4.74 Å². The van der Waals surface area contributed by atoms with Crippen LogP contribution in [-0.4, -0.2) is 44.2 Å². The minimum atomic E-state index is -2.83. The molecule has 0 aliphatic carbocycles. The Hall–Kier alpha value is -1.76. The van der Waals surface area contributed by atoms with Crippen LogP contribution in [0.25, 0.3) is 0 Å². The van der Waals surface area contributed by atoms with Crippen LogP contribution in [0, 0.1) is 0 Å². The number of alkyl carbamates (subject to hydrolysis) is 1. The molecule has 140 valence electrons. The summed E-state index contributed by atoms with van der Waals surface area (Å²) in [5, 5.41) is 6.13. The number of benzene rings is 1. The summed E-state index contributed by atoms with van der Waals surface area (Å²) in [5.41, 5.74) is 1.62. The fourth-order valence-corrected chi connectivity index (χ4v) is 4.15. The van der Waals surface area contributed by atoms with Crippen LogP contribution in [0.4, 0.5) is 10.5 Å². The van der Waals surface area contributed by atoms with Gasteiger partial charge in [-0.15, -0.1) is 0 Å². The van der Waals surface area contributed by atoms with Gasteiger partial charge in [0.1, 0.15) is 15.4 Å². The van der Waals surface area contributed by atoms with Crippen molar-refractivity contribution in [3.63, 3.8) is 0 Å². The van der Waals surface area contributed by atoms with E-state index >= 15 is 0 Å². The van der Waals surface area contributed by atoms with Crippen molar-refractivity contribution in [3.8, 4) is 0 Å². The average molecular weight is 368 g/mol. The molecule has 0 saturated carbocycles. The Morgan fingerprint density at radius 1 is 1.16 bits per heavy atom. The van der Waals surface area contributed by atoms with Gasteiger partial charge in [0.25, 0.3) is 0 Å². The van der Waals surface area contributed by atoms with Crippen LogP contribution in [0.2, 0.25) is 0 Å². The molecule has 0 spiro atoms. The Bertz CT molecular complexity index is 664. The van der Waals surface area contributed by atoms with E-state index in [0.29, 0.717) is 19.4 Å². The summed E-state index contributed by atoms with van der Waals surface area (Å²) < 4.78 is 28.1. The number of hydrogen-bond donors (Lipinski definition) is 2. The number of ether oxygens (including phenoxy) is 1. The van der Waals surface area contributed by atoms with Crippen LogP contribution >= 0.6 is 0 Å². The minimum absolute atomic E-state index is 0.211. The molecule has 2 N–H and O–H groups in total. The van der Waals surface area contributed by atoms with Gasteiger partial charge in [-0.1, -0.05) is 12.1 Å². The van der Waals surface area contributed by atoms with Crippen LogP contribution in [0.3, 0.4) is 0 Å². The molecule has 1 aliphatic rings. The largest absolute Gasteiger partial charge is 0.444 e. The van der Waals surface area contributed by atoms with E-state index in [1.807, 2.05) is 45.0 Å². The van der Waals surface area contributed by atoms with Crippen LogP contribution in [-0.2, 0) is 21.0 Å². The van der Waals surface area contributed by atoms with Crippen molar-refractivity contribution < 1.29 is 17.9 Å². The fourth-order valence-electron chi connectivity index (χ4n) is 2.66. The van der Waals surface area contributed by atoms with Gasteiger partial charge in [0, 0.05) is 18.3 Å². The quantitative estimate of drug-likeness (QED) is 0.835. The molecule has 7 heteroatoms. The van der Waals surface area contributed by atoms with Gasteiger partial charge in [0.2, 0.25) is 0 Å². The van der Waals surface area contributed by atoms with Crippen molar-refractivity contribution in [1.29, 1.82) is 0 Å². The summed E-state index contributed by atoms with van der Waals surface area (Å²) in [6.07, 6.45) is 1.63. The number of rotatable bonds is 5. The molecule has 0 unspecified atom stereocenters. The molecule has 0 radical (unpaired) electrons. The van der Waals surface area contributed by atoms with E-state index in [0.717, 1.165) is 17.7 Å². The number of amides is 1. The first-order chi connectivity index (χ1) is 11.6. The van der Waals surface area contributed by atoms with Gasteiger partial charge in [-0.05, 0) is 57.7 Å². The summed E-state index contributed by atoms with van der Waals surface area (Å²) in [5.74, 6) is 0.526. The molecule has 25 heavy (non-hydrogen) atoms. The minimum Gasteiger partial charge on any atom is -0.444 e. The molecule has 1 amide bonds. The second-order valence-electron chi connectivity index (χ2n) is 7.45. The highest BCUT2D eigenvalue weighted by Crippen LogP contribution is 2.18. The molecule has 2 rings (SSSR count). The summed E-state index contributed by atoms with van der Waals surface area (Å²) in [4.78, 5) is 11.6. The Morgan fingerprint density at radius 2 is 1.76 bits per heavy atom. The highest BCUT2D eigenvalue weighted by molar-refractivity contribution is 7.91. The second-order valence-corrected chi connectivity index (χ2v) is 9.75. The van der Waals surface area contributed by atoms with E-state index in [9.17, 15) is 13.2 Å². The highest BCUT2D eigenvalue weighted by atomic mass is 32.2. The summed E-state index contributed by atoms with van der Waals surface area (Å²) in [6.45, 7) is 6.02. The highest BCUT2D eigenvalue weighted by Gasteiger charge is 2.23. The third-order valence-electron chi connectivity index (χ3n) is 3.96. The molecule has 1 aromatic carbocycles. The zero-order valence-electron chi connectivity index (χ0n) is 15.2. The van der Waals surface area contributed by atoms with Crippen molar-refractivity contribution >= 4 is 21.6 Å². The van der Waals surface area contributed by atoms with Gasteiger partial charge in [-0.3, -0.25) is 0 Å². The van der Waals surface area contributed by atoms with Crippen molar-refractivity contribution in [1.82, 2.24) is 5.32 Å². The first-order valence-electron chi connectivity index (χ1n) is 8.66. The first-order valence-corrected chi connectivity index (χ1v) is 10.5. The Kier molecular flexibility index (Phi) is 6.32. The standard InChI is InChI=1S/C18H28N2O4S/c1-18(2,3)24-17(21)19-11-8-14-4-6-15(7-5-14)20-16-9-12-25(22,23)13-10-16/h4-7,16,20H,8-13H2,1-3H3,(H,19,21). The molecule has 1 aromatic rings. The lowest BCUT2D eigenvalue weighted by Gasteiger charge is -2.24. The lowest BCUT2D eigenvalue weighted by Crippen LogP contribution is -2.33. The van der Waals surface area contributed by atoms with Gasteiger partial charge in [-0.25, -0.2) is 13.2 Å². The molecule has 1 aliphatic heterocycles. The third-order valence-corrected chi connectivity index (χ3v) is 5.68. The number of anilines is 1. The van der Waals surface area contributed by atoms with Crippen molar-refractivity contribution in [2.24, 2.45) is 0 Å². The molecule has 6 nitrogen and oxygen atoms in total. The Labute approximate surface area is 150 Å². The van der Waals surface area contributed by atoms with Crippen LogP contribution in [0.15, 0.2) is 24.3 Å². The predicted molar refractivity (Wildman–Crippen MR) is 99.7 cm³/mol. The van der Waals surface area contributed by atoms with Crippen LogP contribution in [0.5, 0.6) is 0 Å². The van der Waals surface area contributed by atoms with Gasteiger partial charge in [0.05, 0.1) is 11.5 Å². The Balaban J connectivity index is 1.74. The lowest BCUT2D eigenvalue weighted by molar-refractivity contribution is 0.0528. The van der Waals surface area contributed by atoms with Gasteiger partial charge in [0.15, 0.2) is 0 Å². The molecule has 1 saturated heterocycles. The van der Waals surface area contributed by atoms with E-state index in [1.165, 1.54) is 0 Å². The van der Waals surface area contributed by atoms with E-state index < -0.39 is 21.5 Å². The van der Waals surface area contributed by atoms with Crippen molar-refractivity contribution in [2.45, 2.75) is 51.7 Å². The predicted octanol–water partition coefficient (Wildman–Crippen LogP) is 2.74. The molecular formula is C18H28N2O4S. The molecule has 1 heterocycles. The Morgan fingerprint density at radius 3 is 2.32 bits per heavy atom. The lowest BCUT2D eigenvalue weighted by atomic mass is 10.1. The van der Waals surface area contributed by atoms with E-state index in [1.54, 1.807) is 0 Å². The fraction of sp³-hybridized carbons (Fsp3) is 0.611. The summed E-state index contributed by atoms with van der Waals surface area (Å²) in [6, 6.07) is 8.22. The zero-order chi connectivity index (χ0) is 18.5. The van der Waals surface area contributed by atoms with Gasteiger partial charge in [-0.2, -0.15) is 0 Å². The first kappa shape index (κ1) is 19.6. The molecule has 0 bridgehead atoms. The molecule has 0 aromatic heterocycles. The normalized spacial score (nSPS) is 17.7. The number of carbonyl (C=O) groups is 1. The molecule has 1 fully saturated rings. The van der Waals surface area contributed by atoms with Crippen LogP contribution < -0.4 is 10.6 Å². The monoisotopic (exact) mass is 368 g/mol. The number of nitrogens with one attached hydrogen (secondary N) is 2. The van der Waals surface area contributed by atoms with Crippen molar-refractivity contribution in [2.75, 3.05) is 23.4 Å². The maximum absolute atomic E-state index is 11.6. The topological polar surface area (TPSA) is 84.5 Å². The summed E-state index contributed by atoms with van der Waals surface area (Å²) in [7, 11) is -2.83. The maximum atomic E-state index is 11.6. The van der Waals surface area contributed by atoms with Crippen molar-refractivity contribution in [3.05, 3.63) is 29.8 Å². The SMILES string of the molecule is CC(C)(C)OC(=O)NCCc1ccc(NC2CCS(=O)(=O)CC2)cc1. The third kappa shape index (κ3) is 7.34. The van der Waals surface area contributed by atoms with E-state index in [2.05, 4.69) is 10.6 Å². The number of carbonyl (C=O) groups excluding carboxylic acids is 1. The molecular weight excluding hydrogens is 340 g/mol. The second kappa shape index (κ2) is 8.08. The zero-order valence-corrected chi connectivity index (χ0v) is 16.0. The summed E-state index contributed by atoms with van der Waals surface area (Å²) >= 11 is 0.